The van der Waals surface area contributed by atoms with Crippen LogP contribution in [-0.2, 0) is 30.8 Å². The predicted octanol–water partition coefficient (Wildman–Crippen LogP) is 4.37. The Morgan fingerprint density at radius 2 is 1.74 bits per heavy atom. The van der Waals surface area contributed by atoms with Crippen molar-refractivity contribution in [2.75, 3.05) is 11.9 Å². The Kier molecular flexibility index (Phi) is 9.72. The molecule has 8 rings (SSSR count). The van der Waals surface area contributed by atoms with Crippen LogP contribution in [0.25, 0.3) is 28.6 Å². The highest BCUT2D eigenvalue weighted by molar-refractivity contribution is 7.91. The summed E-state index contributed by atoms with van der Waals surface area (Å²) in [5.74, 6) is -3.93. The minimum atomic E-state index is -4.12. The summed E-state index contributed by atoms with van der Waals surface area (Å²) in [7, 11) is -4.12. The van der Waals surface area contributed by atoms with Gasteiger partial charge < -0.3 is 20.0 Å². The predicted molar refractivity (Wildman–Crippen MR) is 204 cm³/mol. The number of aromatic nitrogens is 5. The number of aryl methyl sites for hydroxylation is 1. The minimum absolute atomic E-state index is 0.000704. The molecule has 4 heterocycles. The first-order valence-corrected chi connectivity index (χ1v) is 20.5. The molecule has 15 nitrogen and oxygen atoms in total. The van der Waals surface area contributed by atoms with Crippen LogP contribution in [0.1, 0.15) is 70.4 Å². The number of halogens is 2. The lowest BCUT2D eigenvalue weighted by atomic mass is 9.85. The van der Waals surface area contributed by atoms with E-state index in [9.17, 15) is 31.6 Å². The zero-order valence-corrected chi connectivity index (χ0v) is 32.4. The quantitative estimate of drug-likeness (QED) is 0.240. The smallest absolute Gasteiger partial charge is 0.316 e. The lowest BCUT2D eigenvalue weighted by molar-refractivity contribution is -0.141. The maximum atomic E-state index is 14.8. The highest BCUT2D eigenvalue weighted by atomic mass is 32.2. The van der Waals surface area contributed by atoms with Gasteiger partial charge in [-0.3, -0.25) is 19.1 Å². The number of nitrogens with one attached hydrogen (secondary N) is 3. The minimum Gasteiger partial charge on any atom is -0.408 e. The van der Waals surface area contributed by atoms with Gasteiger partial charge in [0.15, 0.2) is 0 Å². The van der Waals surface area contributed by atoms with Crippen LogP contribution >= 0.6 is 0 Å². The van der Waals surface area contributed by atoms with Gasteiger partial charge in [-0.2, -0.15) is 15.0 Å². The lowest BCUT2D eigenvalue weighted by Crippen LogP contribution is -2.59. The van der Waals surface area contributed by atoms with Crippen LogP contribution in [0.5, 0.6) is 0 Å². The molecule has 5 atom stereocenters. The van der Waals surface area contributed by atoms with E-state index >= 15 is 0 Å². The number of sulfonamides is 1. The zero-order chi connectivity index (χ0) is 40.3. The van der Waals surface area contributed by atoms with Crippen molar-refractivity contribution in [3.8, 4) is 22.5 Å². The van der Waals surface area contributed by atoms with Crippen molar-refractivity contribution in [1.82, 2.24) is 40.1 Å². The van der Waals surface area contributed by atoms with E-state index in [1.54, 1.807) is 0 Å². The second kappa shape index (κ2) is 14.5. The molecule has 4 aliphatic rings. The van der Waals surface area contributed by atoms with E-state index in [-0.39, 0.29) is 19.0 Å². The van der Waals surface area contributed by atoms with Gasteiger partial charge in [0.05, 0.1) is 17.2 Å². The fraction of sp³-hybridized carbons (Fsp3) is 0.462. The Labute approximate surface area is 327 Å². The van der Waals surface area contributed by atoms with Gasteiger partial charge in [-0.05, 0) is 42.7 Å². The molecule has 2 aromatic carbocycles. The number of nitrogens with zero attached hydrogens (tertiary/aromatic N) is 6. The van der Waals surface area contributed by atoms with E-state index in [1.807, 2.05) is 92.2 Å². The molecule has 300 valence electrons. The van der Waals surface area contributed by atoms with Gasteiger partial charge in [-0.25, -0.2) is 17.2 Å². The van der Waals surface area contributed by atoms with Crippen LogP contribution in [0.4, 0.5) is 14.8 Å². The maximum absolute atomic E-state index is 14.8. The molecule has 2 aliphatic carbocycles. The van der Waals surface area contributed by atoms with Crippen LogP contribution in [-0.4, -0.2) is 92.1 Å². The Morgan fingerprint density at radius 1 is 1.02 bits per heavy atom. The van der Waals surface area contributed by atoms with Gasteiger partial charge in [-0.1, -0.05) is 86.6 Å². The summed E-state index contributed by atoms with van der Waals surface area (Å²) < 4.78 is 61.7. The first-order chi connectivity index (χ1) is 27.1. The Hall–Kier alpha value is -5.52. The fourth-order valence-corrected chi connectivity index (χ4v) is 8.91. The number of hydrogen-bond donors (Lipinski definition) is 3. The number of amides is 3. The Morgan fingerprint density at radius 3 is 2.42 bits per heavy atom. The Bertz CT molecular complexity index is 2340. The van der Waals surface area contributed by atoms with E-state index in [0.29, 0.717) is 43.0 Å². The second-order valence-corrected chi connectivity index (χ2v) is 18.2. The fourth-order valence-electron chi connectivity index (χ4n) is 7.55. The number of hydrogen-bond acceptors (Lipinski definition) is 11. The number of carbonyl (C=O) groups excluding carboxylic acids is 3. The highest BCUT2D eigenvalue weighted by Crippen LogP contribution is 2.49. The first-order valence-electron chi connectivity index (χ1n) is 19.0. The monoisotopic (exact) mass is 803 g/mol. The van der Waals surface area contributed by atoms with Crippen LogP contribution < -0.4 is 15.4 Å². The molecule has 0 unspecified atom stereocenters. The van der Waals surface area contributed by atoms with Gasteiger partial charge in [0.2, 0.25) is 34.2 Å². The molecule has 1 saturated heterocycles. The molecule has 3 amide bonds. The summed E-state index contributed by atoms with van der Waals surface area (Å²) in [6, 6.07) is 14.2. The van der Waals surface area contributed by atoms with Gasteiger partial charge in [0.1, 0.15) is 29.0 Å². The molecular weight excluding hydrogens is 761 g/mol. The van der Waals surface area contributed by atoms with E-state index in [2.05, 4.69) is 20.8 Å². The average Bonchev–Trinajstić information content (AvgIpc) is 3.99. The first kappa shape index (κ1) is 38.4. The summed E-state index contributed by atoms with van der Waals surface area (Å²) in [6.45, 7) is 5.39. The maximum Gasteiger partial charge on any atom is 0.316 e. The summed E-state index contributed by atoms with van der Waals surface area (Å²) in [5, 5.41) is 22.9. The van der Waals surface area contributed by atoms with Crippen LogP contribution in [0.2, 0.25) is 0 Å². The third kappa shape index (κ3) is 7.66. The third-order valence-electron chi connectivity index (χ3n) is 11.0. The molecular formula is C39H43F2N9O6S. The van der Waals surface area contributed by atoms with Crippen molar-refractivity contribution in [3.63, 3.8) is 0 Å². The molecule has 4 aromatic rings. The molecule has 8 bridgehead atoms. The number of fused-ring (bicyclic) bond motifs is 10. The van der Waals surface area contributed by atoms with Crippen molar-refractivity contribution in [2.45, 2.75) is 94.6 Å². The van der Waals surface area contributed by atoms with E-state index < -0.39 is 80.8 Å². The molecule has 3 N–H and O–H groups in total. The summed E-state index contributed by atoms with van der Waals surface area (Å²) >= 11 is 0. The molecule has 2 aromatic heterocycles. The van der Waals surface area contributed by atoms with Gasteiger partial charge >= 0.3 is 6.01 Å². The lowest BCUT2D eigenvalue weighted by Gasteiger charge is -2.35. The standard InChI is InChI=1S/C39H43F2N9O6S/c1-38(2,3)32-35(52)49-21-25(19-28(49)34(51)43-39(20-27(39)33(40)41)36(53)48-57(54,55)26-16-17-26)50-46-30(23-12-5-4-6-13-23)31(47-50)24-14-9-11-22(18-24)10-7-8-15-29-44-45-37(42-32)56-29/h4-7,9-14,18,25-28,32-33H,8,15-17,19-21H2,1-3H3,(H,42,45)(H,43,51)(H,48,53)/b10-7+/t25-,27+,28+,32-,39-/m1/s1. The van der Waals surface area contributed by atoms with E-state index in [0.717, 1.165) is 16.7 Å². The van der Waals surface area contributed by atoms with Crippen molar-refractivity contribution in [1.29, 1.82) is 0 Å². The SMILES string of the molecule is CC(C)(C)[C@@H]1Nc2nnc(o2)CC/C=C/c2cccc(c2)-c2nn(nc2-c2ccccc2)[C@@H]2C[C@@H](C(=O)N[C@]3(C(=O)NS(=O)(=O)C4CC4)C[C@H]3C(F)F)N(C2)C1=O. The normalized spacial score (nSPS) is 25.5. The number of alkyl halides is 2. The zero-order valence-electron chi connectivity index (χ0n) is 31.6. The molecule has 0 radical (unpaired) electrons. The summed E-state index contributed by atoms with van der Waals surface area (Å²) in [6.07, 6.45) is 2.13. The molecule has 2 aliphatic heterocycles. The average molecular weight is 804 g/mol. The van der Waals surface area contributed by atoms with Gasteiger partial charge in [0, 0.05) is 30.5 Å². The third-order valence-corrected chi connectivity index (χ3v) is 12.8. The largest absolute Gasteiger partial charge is 0.408 e. The molecule has 0 spiro atoms. The number of carbonyl (C=O) groups is 3. The van der Waals surface area contributed by atoms with E-state index in [1.165, 1.54) is 9.70 Å². The van der Waals surface area contributed by atoms with Crippen LogP contribution in [0.3, 0.4) is 0 Å². The Balaban J connectivity index is 1.20. The van der Waals surface area contributed by atoms with Gasteiger partial charge in [0.25, 0.3) is 5.91 Å². The van der Waals surface area contributed by atoms with Crippen molar-refractivity contribution in [3.05, 3.63) is 72.1 Å². The second-order valence-electron chi connectivity index (χ2n) is 16.3. The number of anilines is 1. The topological polar surface area (TPSA) is 194 Å². The van der Waals surface area contributed by atoms with E-state index in [4.69, 9.17) is 14.6 Å². The number of allylic oxidation sites excluding steroid dienone is 1. The number of benzene rings is 2. The summed E-state index contributed by atoms with van der Waals surface area (Å²) in [4.78, 5) is 45.5. The van der Waals surface area contributed by atoms with Crippen LogP contribution in [0.15, 0.2) is 65.1 Å². The molecule has 18 heteroatoms. The van der Waals surface area contributed by atoms with Crippen molar-refractivity contribution < 1.29 is 36.0 Å². The highest BCUT2D eigenvalue weighted by Gasteiger charge is 2.67. The molecule has 57 heavy (non-hydrogen) atoms. The number of rotatable bonds is 7. The van der Waals surface area contributed by atoms with Crippen molar-refractivity contribution >= 4 is 39.8 Å². The van der Waals surface area contributed by atoms with Crippen LogP contribution in [0, 0.1) is 11.3 Å². The molecule has 2 saturated carbocycles. The molecule has 3 fully saturated rings. The summed E-state index contributed by atoms with van der Waals surface area (Å²) in [5.41, 5.74) is 0.642. The van der Waals surface area contributed by atoms with Crippen molar-refractivity contribution in [2.24, 2.45) is 11.3 Å². The van der Waals surface area contributed by atoms with Gasteiger partial charge in [-0.15, -0.1) is 5.10 Å².